The quantitative estimate of drug-likeness (QED) is 0.838. The van der Waals surface area contributed by atoms with Crippen molar-refractivity contribution in [3.63, 3.8) is 0 Å². The number of thioether (sulfide) groups is 1. The number of methoxy groups -OCH3 is 1. The second-order valence-corrected chi connectivity index (χ2v) is 5.34. The Morgan fingerprint density at radius 2 is 1.94 bits per heavy atom. The molecule has 3 nitrogen and oxygen atoms in total. The van der Waals surface area contributed by atoms with Crippen molar-refractivity contribution in [1.82, 2.24) is 5.32 Å². The van der Waals surface area contributed by atoms with Crippen LogP contribution in [0.15, 0.2) is 29.2 Å². The molecule has 0 aliphatic carbocycles. The van der Waals surface area contributed by atoms with Gasteiger partial charge in [0.2, 0.25) is 0 Å². The Hall–Kier alpha value is -1.16. The van der Waals surface area contributed by atoms with Gasteiger partial charge in [-0.25, -0.2) is 4.79 Å². The fourth-order valence-electron chi connectivity index (χ4n) is 1.51. The predicted molar refractivity (Wildman–Crippen MR) is 71.7 cm³/mol. The zero-order valence-electron chi connectivity index (χ0n) is 10.7. The summed E-state index contributed by atoms with van der Waals surface area (Å²) in [6.07, 6.45) is 1.66. The van der Waals surface area contributed by atoms with Gasteiger partial charge in [0.05, 0.1) is 7.11 Å². The zero-order chi connectivity index (χ0) is 12.9. The van der Waals surface area contributed by atoms with E-state index in [4.69, 9.17) is 0 Å². The molecule has 0 radical (unpaired) electrons. The monoisotopic (exact) mass is 253 g/mol. The summed E-state index contributed by atoms with van der Waals surface area (Å²) < 4.78 is 4.56. The molecule has 0 aromatic heterocycles. The minimum Gasteiger partial charge on any atom is -0.453 e. The van der Waals surface area contributed by atoms with Crippen LogP contribution in [-0.4, -0.2) is 26.0 Å². The molecular formula is C13H19NO2S. The maximum absolute atomic E-state index is 11.1. The third kappa shape index (κ3) is 3.97. The molecule has 0 saturated carbocycles. The van der Waals surface area contributed by atoms with Gasteiger partial charge < -0.3 is 10.1 Å². The first-order valence-corrected chi connectivity index (χ1v) is 6.68. The van der Waals surface area contributed by atoms with Crippen molar-refractivity contribution in [3.8, 4) is 0 Å². The minimum atomic E-state index is -0.390. The highest BCUT2D eigenvalue weighted by molar-refractivity contribution is 7.98. The molecule has 1 aromatic carbocycles. The summed E-state index contributed by atoms with van der Waals surface area (Å²) in [5.41, 5.74) is 1.09. The lowest BCUT2D eigenvalue weighted by Crippen LogP contribution is -2.36. The molecule has 17 heavy (non-hydrogen) atoms. The zero-order valence-corrected chi connectivity index (χ0v) is 11.6. The minimum absolute atomic E-state index is 0.106. The summed E-state index contributed by atoms with van der Waals surface area (Å²) in [5.74, 6) is 0. The second kappa shape index (κ2) is 5.96. The van der Waals surface area contributed by atoms with Crippen molar-refractivity contribution in [2.75, 3.05) is 19.9 Å². The van der Waals surface area contributed by atoms with E-state index in [2.05, 4.69) is 54.4 Å². The van der Waals surface area contributed by atoms with Gasteiger partial charge in [-0.3, -0.25) is 0 Å². The van der Waals surface area contributed by atoms with E-state index < -0.39 is 0 Å². The predicted octanol–water partition coefficient (Wildman–Crippen LogP) is 3.04. The molecule has 0 saturated heterocycles. The van der Waals surface area contributed by atoms with Gasteiger partial charge in [0.15, 0.2) is 0 Å². The van der Waals surface area contributed by atoms with Crippen LogP contribution < -0.4 is 5.32 Å². The molecule has 1 N–H and O–H groups in total. The van der Waals surface area contributed by atoms with Crippen LogP contribution in [0.4, 0.5) is 4.79 Å². The maximum atomic E-state index is 11.1. The first kappa shape index (κ1) is 13.9. The van der Waals surface area contributed by atoms with Crippen molar-refractivity contribution < 1.29 is 9.53 Å². The summed E-state index contributed by atoms with van der Waals surface area (Å²) in [7, 11) is 1.37. The summed E-state index contributed by atoms with van der Waals surface area (Å²) in [6.45, 7) is 4.74. The Balaban J connectivity index is 2.70. The van der Waals surface area contributed by atoms with Crippen LogP contribution in [-0.2, 0) is 10.2 Å². The van der Waals surface area contributed by atoms with Crippen LogP contribution in [0.2, 0.25) is 0 Å². The molecule has 1 amide bonds. The third-order valence-corrected chi connectivity index (χ3v) is 3.48. The SMILES string of the molecule is COC(=O)NCC(C)(C)c1ccc(SC)cc1. The summed E-state index contributed by atoms with van der Waals surface area (Å²) >= 11 is 1.72. The lowest BCUT2D eigenvalue weighted by atomic mass is 9.85. The highest BCUT2D eigenvalue weighted by Crippen LogP contribution is 2.24. The molecule has 0 bridgehead atoms. The Kier molecular flexibility index (Phi) is 4.87. The molecule has 4 heteroatoms. The van der Waals surface area contributed by atoms with E-state index in [1.165, 1.54) is 17.6 Å². The number of alkyl carbamates (subject to hydrolysis) is 1. The molecule has 0 atom stereocenters. The number of hydrogen-bond acceptors (Lipinski definition) is 3. The molecule has 0 aliphatic heterocycles. The van der Waals surface area contributed by atoms with E-state index >= 15 is 0 Å². The van der Waals surface area contributed by atoms with Crippen LogP contribution in [0.3, 0.4) is 0 Å². The van der Waals surface area contributed by atoms with Crippen molar-refractivity contribution in [3.05, 3.63) is 29.8 Å². The largest absolute Gasteiger partial charge is 0.453 e. The van der Waals surface area contributed by atoms with Gasteiger partial charge in [-0.1, -0.05) is 26.0 Å². The molecule has 0 heterocycles. The van der Waals surface area contributed by atoms with Gasteiger partial charge in [-0.05, 0) is 24.0 Å². The van der Waals surface area contributed by atoms with Crippen LogP contribution in [0.25, 0.3) is 0 Å². The fraction of sp³-hybridized carbons (Fsp3) is 0.462. The first-order chi connectivity index (χ1) is 7.99. The standard InChI is InChI=1S/C13H19NO2S/c1-13(2,9-14-12(15)16-3)10-5-7-11(17-4)8-6-10/h5-8H,9H2,1-4H3,(H,14,15). The van der Waals surface area contributed by atoms with Gasteiger partial charge in [-0.15, -0.1) is 11.8 Å². The van der Waals surface area contributed by atoms with Gasteiger partial charge in [-0.2, -0.15) is 0 Å². The number of ether oxygens (including phenoxy) is 1. The average Bonchev–Trinajstić information content (AvgIpc) is 2.36. The van der Waals surface area contributed by atoms with Crippen molar-refractivity contribution >= 4 is 17.9 Å². The number of hydrogen-bond donors (Lipinski definition) is 1. The van der Waals surface area contributed by atoms with Crippen LogP contribution in [0.1, 0.15) is 19.4 Å². The smallest absolute Gasteiger partial charge is 0.406 e. The summed E-state index contributed by atoms with van der Waals surface area (Å²) in [4.78, 5) is 12.3. The van der Waals surface area contributed by atoms with E-state index in [0.29, 0.717) is 6.54 Å². The van der Waals surface area contributed by atoms with Gasteiger partial charge in [0.25, 0.3) is 0 Å². The van der Waals surface area contributed by atoms with E-state index in [9.17, 15) is 4.79 Å². The Morgan fingerprint density at radius 3 is 2.41 bits per heavy atom. The van der Waals surface area contributed by atoms with Crippen LogP contribution >= 0.6 is 11.8 Å². The molecular weight excluding hydrogens is 234 g/mol. The maximum Gasteiger partial charge on any atom is 0.406 e. The van der Waals surface area contributed by atoms with Crippen LogP contribution in [0.5, 0.6) is 0 Å². The fourth-order valence-corrected chi connectivity index (χ4v) is 1.92. The molecule has 0 spiro atoms. The molecule has 0 fully saturated rings. The average molecular weight is 253 g/mol. The van der Waals surface area contributed by atoms with E-state index in [1.807, 2.05) is 0 Å². The number of amides is 1. The highest BCUT2D eigenvalue weighted by Gasteiger charge is 2.21. The molecule has 1 rings (SSSR count). The van der Waals surface area contributed by atoms with Crippen LogP contribution in [0, 0.1) is 0 Å². The number of carbonyl (C=O) groups is 1. The number of benzene rings is 1. The topological polar surface area (TPSA) is 38.3 Å². The lowest BCUT2D eigenvalue weighted by molar-refractivity contribution is 0.168. The third-order valence-electron chi connectivity index (χ3n) is 2.73. The van der Waals surface area contributed by atoms with Crippen molar-refractivity contribution in [2.24, 2.45) is 0 Å². The number of nitrogens with one attached hydrogen (secondary N) is 1. The lowest BCUT2D eigenvalue weighted by Gasteiger charge is -2.25. The number of rotatable bonds is 4. The molecule has 0 unspecified atom stereocenters. The van der Waals surface area contributed by atoms with Crippen molar-refractivity contribution in [2.45, 2.75) is 24.2 Å². The molecule has 94 valence electrons. The van der Waals surface area contributed by atoms with E-state index in [0.717, 1.165) is 0 Å². The second-order valence-electron chi connectivity index (χ2n) is 4.46. The van der Waals surface area contributed by atoms with E-state index in [-0.39, 0.29) is 11.5 Å². The summed E-state index contributed by atoms with van der Waals surface area (Å²) in [5, 5.41) is 2.73. The summed E-state index contributed by atoms with van der Waals surface area (Å²) in [6, 6.07) is 8.40. The van der Waals surface area contributed by atoms with Gasteiger partial charge in [0, 0.05) is 16.9 Å². The highest BCUT2D eigenvalue weighted by atomic mass is 32.2. The Morgan fingerprint density at radius 1 is 1.35 bits per heavy atom. The Labute approximate surface area is 107 Å². The molecule has 1 aromatic rings. The molecule has 0 aliphatic rings. The van der Waals surface area contributed by atoms with E-state index in [1.54, 1.807) is 11.8 Å². The normalized spacial score (nSPS) is 11.1. The van der Waals surface area contributed by atoms with Crippen molar-refractivity contribution in [1.29, 1.82) is 0 Å². The number of carbonyl (C=O) groups excluding carboxylic acids is 1. The van der Waals surface area contributed by atoms with Gasteiger partial charge in [0.1, 0.15) is 0 Å². The Bertz CT molecular complexity index is 374. The van der Waals surface area contributed by atoms with Gasteiger partial charge >= 0.3 is 6.09 Å². The first-order valence-electron chi connectivity index (χ1n) is 5.46.